The van der Waals surface area contributed by atoms with Gasteiger partial charge >= 0.3 is 10.1 Å². The summed E-state index contributed by atoms with van der Waals surface area (Å²) in [6.45, 7) is 10.8. The van der Waals surface area contributed by atoms with Gasteiger partial charge in [-0.15, -0.1) is 6.58 Å². The van der Waals surface area contributed by atoms with Crippen LogP contribution in [0, 0.1) is 13.8 Å². The first kappa shape index (κ1) is 23.4. The SMILES string of the molecule is C=CCc1cc(CNc2cccc(C)c2C)cc(OCC)c1OS(=O)(=O)c1ccccc1. The number of ether oxygens (including phenoxy) is 1. The third kappa shape index (κ3) is 5.51. The minimum Gasteiger partial charge on any atom is -0.490 e. The molecule has 0 aliphatic carbocycles. The summed E-state index contributed by atoms with van der Waals surface area (Å²) in [6.07, 6.45) is 2.16. The zero-order valence-electron chi connectivity index (χ0n) is 18.7. The van der Waals surface area contributed by atoms with Crippen LogP contribution in [0.2, 0.25) is 0 Å². The van der Waals surface area contributed by atoms with Gasteiger partial charge in [0.15, 0.2) is 11.5 Å². The molecule has 0 atom stereocenters. The fourth-order valence-corrected chi connectivity index (χ4v) is 4.37. The number of allylic oxidation sites excluding steroid dienone is 1. The van der Waals surface area contributed by atoms with E-state index >= 15 is 0 Å². The fraction of sp³-hybridized carbons (Fsp3) is 0.231. The maximum atomic E-state index is 12.9. The first-order chi connectivity index (χ1) is 15.4. The lowest BCUT2D eigenvalue weighted by Crippen LogP contribution is -2.13. The minimum absolute atomic E-state index is 0.0904. The van der Waals surface area contributed by atoms with Gasteiger partial charge in [-0.2, -0.15) is 8.42 Å². The predicted octanol–water partition coefficient (Wildman–Crippen LogP) is 5.81. The molecule has 0 saturated heterocycles. The lowest BCUT2D eigenvalue weighted by molar-refractivity contribution is 0.326. The molecule has 3 aromatic carbocycles. The molecular formula is C26H29NO4S. The van der Waals surface area contributed by atoms with Crippen LogP contribution in [0.25, 0.3) is 0 Å². The summed E-state index contributed by atoms with van der Waals surface area (Å²) in [4.78, 5) is 0.0904. The molecule has 0 aliphatic heterocycles. The average molecular weight is 452 g/mol. The van der Waals surface area contributed by atoms with Crippen molar-refractivity contribution in [2.75, 3.05) is 11.9 Å². The molecule has 5 nitrogen and oxygen atoms in total. The summed E-state index contributed by atoms with van der Waals surface area (Å²) in [6, 6.07) is 18.0. The van der Waals surface area contributed by atoms with E-state index in [0.717, 1.165) is 11.3 Å². The molecule has 32 heavy (non-hydrogen) atoms. The fourth-order valence-electron chi connectivity index (χ4n) is 3.37. The molecule has 168 valence electrons. The van der Waals surface area contributed by atoms with Crippen LogP contribution in [0.1, 0.15) is 29.2 Å². The highest BCUT2D eigenvalue weighted by molar-refractivity contribution is 7.87. The van der Waals surface area contributed by atoms with Crippen molar-refractivity contribution < 1.29 is 17.3 Å². The zero-order valence-corrected chi connectivity index (χ0v) is 19.5. The molecule has 6 heteroatoms. The van der Waals surface area contributed by atoms with Crippen LogP contribution in [0.4, 0.5) is 5.69 Å². The summed E-state index contributed by atoms with van der Waals surface area (Å²) in [5.74, 6) is 0.593. The lowest BCUT2D eigenvalue weighted by Gasteiger charge is -2.18. The van der Waals surface area contributed by atoms with Gasteiger partial charge in [0.05, 0.1) is 6.61 Å². The summed E-state index contributed by atoms with van der Waals surface area (Å²) in [7, 11) is -4.00. The number of benzene rings is 3. The first-order valence-corrected chi connectivity index (χ1v) is 12.0. The van der Waals surface area contributed by atoms with Crippen LogP contribution in [0.5, 0.6) is 11.5 Å². The highest BCUT2D eigenvalue weighted by Gasteiger charge is 2.22. The maximum Gasteiger partial charge on any atom is 0.339 e. The highest BCUT2D eigenvalue weighted by Crippen LogP contribution is 2.36. The number of rotatable bonds is 10. The highest BCUT2D eigenvalue weighted by atomic mass is 32.2. The van der Waals surface area contributed by atoms with Crippen molar-refractivity contribution >= 4 is 15.8 Å². The molecule has 1 N–H and O–H groups in total. The number of aryl methyl sites for hydroxylation is 1. The van der Waals surface area contributed by atoms with E-state index in [1.54, 1.807) is 24.3 Å². The van der Waals surface area contributed by atoms with Gasteiger partial charge in [0.2, 0.25) is 0 Å². The Balaban J connectivity index is 1.96. The molecule has 0 bridgehead atoms. The Bertz CT molecular complexity index is 1190. The Morgan fingerprint density at radius 2 is 1.78 bits per heavy atom. The van der Waals surface area contributed by atoms with E-state index in [-0.39, 0.29) is 10.6 Å². The number of anilines is 1. The Hall–Kier alpha value is -3.25. The van der Waals surface area contributed by atoms with Gasteiger partial charge in [0, 0.05) is 17.8 Å². The normalized spacial score (nSPS) is 11.1. The van der Waals surface area contributed by atoms with E-state index in [2.05, 4.69) is 31.8 Å². The standard InChI is InChI=1S/C26H29NO4S/c1-5-11-22-16-21(18-27-24-15-10-12-19(3)20(24)4)17-25(30-6-2)26(22)31-32(28,29)23-13-8-7-9-14-23/h5,7-10,12-17,27H,1,6,11,18H2,2-4H3. The summed E-state index contributed by atoms with van der Waals surface area (Å²) in [5.41, 5.74) is 5.11. The maximum absolute atomic E-state index is 12.9. The van der Waals surface area contributed by atoms with E-state index in [1.807, 2.05) is 31.2 Å². The Kier molecular flexibility index (Phi) is 7.59. The van der Waals surface area contributed by atoms with E-state index < -0.39 is 10.1 Å². The van der Waals surface area contributed by atoms with Crippen LogP contribution in [0.15, 0.2) is 78.2 Å². The second-order valence-corrected chi connectivity index (χ2v) is 9.01. The smallest absolute Gasteiger partial charge is 0.339 e. The molecule has 0 fully saturated rings. The van der Waals surface area contributed by atoms with E-state index in [0.29, 0.717) is 30.9 Å². The van der Waals surface area contributed by atoms with Gasteiger partial charge in [-0.25, -0.2) is 0 Å². The van der Waals surface area contributed by atoms with Crippen LogP contribution in [-0.2, 0) is 23.1 Å². The molecule has 0 saturated carbocycles. The van der Waals surface area contributed by atoms with Crippen LogP contribution >= 0.6 is 0 Å². The third-order valence-electron chi connectivity index (χ3n) is 5.17. The molecule has 0 spiro atoms. The number of hydrogen-bond acceptors (Lipinski definition) is 5. The van der Waals surface area contributed by atoms with E-state index in [9.17, 15) is 8.42 Å². The largest absolute Gasteiger partial charge is 0.490 e. The van der Waals surface area contributed by atoms with Crippen molar-refractivity contribution in [1.82, 2.24) is 0 Å². The molecule has 3 aromatic rings. The lowest BCUT2D eigenvalue weighted by atomic mass is 10.0. The molecule has 0 amide bonds. The summed E-state index contributed by atoms with van der Waals surface area (Å²) in [5, 5.41) is 3.46. The first-order valence-electron chi connectivity index (χ1n) is 10.5. The summed E-state index contributed by atoms with van der Waals surface area (Å²) < 4.78 is 37.1. The second kappa shape index (κ2) is 10.4. The van der Waals surface area contributed by atoms with E-state index in [4.69, 9.17) is 8.92 Å². The molecular weight excluding hydrogens is 422 g/mol. The van der Waals surface area contributed by atoms with Gasteiger partial charge in [0.25, 0.3) is 0 Å². The van der Waals surface area contributed by atoms with Crippen molar-refractivity contribution in [3.63, 3.8) is 0 Å². The number of hydrogen-bond donors (Lipinski definition) is 1. The Morgan fingerprint density at radius 3 is 2.47 bits per heavy atom. The van der Waals surface area contributed by atoms with Gasteiger partial charge in [-0.05, 0) is 74.2 Å². The van der Waals surface area contributed by atoms with Gasteiger partial charge in [-0.1, -0.05) is 36.4 Å². The molecule has 0 radical (unpaired) electrons. The zero-order chi connectivity index (χ0) is 23.1. The summed E-state index contributed by atoms with van der Waals surface area (Å²) >= 11 is 0. The van der Waals surface area contributed by atoms with Crippen LogP contribution in [-0.4, -0.2) is 15.0 Å². The molecule has 0 aliphatic rings. The third-order valence-corrected chi connectivity index (χ3v) is 6.40. The van der Waals surface area contributed by atoms with Crippen molar-refractivity contribution in [3.05, 3.63) is 95.6 Å². The molecule has 0 unspecified atom stereocenters. The van der Waals surface area contributed by atoms with Crippen molar-refractivity contribution in [3.8, 4) is 11.5 Å². The van der Waals surface area contributed by atoms with Gasteiger partial charge < -0.3 is 14.2 Å². The van der Waals surface area contributed by atoms with Gasteiger partial charge in [-0.3, -0.25) is 0 Å². The average Bonchev–Trinajstić information content (AvgIpc) is 2.78. The topological polar surface area (TPSA) is 64.6 Å². The Labute approximate surface area is 190 Å². The second-order valence-electron chi connectivity index (χ2n) is 7.46. The monoisotopic (exact) mass is 451 g/mol. The molecule has 0 aromatic heterocycles. The van der Waals surface area contributed by atoms with Gasteiger partial charge in [0.1, 0.15) is 4.90 Å². The number of nitrogens with one attached hydrogen (secondary N) is 1. The molecule has 3 rings (SSSR count). The predicted molar refractivity (Wildman–Crippen MR) is 129 cm³/mol. The van der Waals surface area contributed by atoms with Crippen molar-refractivity contribution in [1.29, 1.82) is 0 Å². The van der Waals surface area contributed by atoms with Crippen molar-refractivity contribution in [2.45, 2.75) is 38.6 Å². The van der Waals surface area contributed by atoms with E-state index in [1.165, 1.54) is 23.3 Å². The quantitative estimate of drug-likeness (QED) is 0.311. The Morgan fingerprint density at radius 1 is 1.03 bits per heavy atom. The minimum atomic E-state index is -4.00. The van der Waals surface area contributed by atoms with Crippen LogP contribution < -0.4 is 14.2 Å². The van der Waals surface area contributed by atoms with Crippen molar-refractivity contribution in [2.24, 2.45) is 0 Å². The molecule has 0 heterocycles. The van der Waals surface area contributed by atoms with Crippen LogP contribution in [0.3, 0.4) is 0 Å².